The molecule has 5 rings (SSSR count). The zero-order chi connectivity index (χ0) is 26.7. The standard InChI is InChI=1S/C26H22F3N7O2/c27-26(28,29)23-22(38-25(37)32-13-19-6-7-21-20(12-19)8-10-31-24(21)30)16-36(34-23)15-18-4-2-17(3-5-18)14-35-11-1-9-33-35/h1-12,16H,13-15H2,(H2,30,31)(H,32,37). The lowest BCUT2D eigenvalue weighted by Gasteiger charge is -2.09. The molecule has 0 saturated heterocycles. The van der Waals surface area contributed by atoms with E-state index in [9.17, 15) is 18.0 Å². The summed E-state index contributed by atoms with van der Waals surface area (Å²) in [5.74, 6) is -0.300. The Hall–Kier alpha value is -4.87. The number of amides is 1. The van der Waals surface area contributed by atoms with Crippen molar-refractivity contribution >= 4 is 22.7 Å². The Morgan fingerprint density at radius 1 is 0.974 bits per heavy atom. The van der Waals surface area contributed by atoms with Crippen LogP contribution in [0.2, 0.25) is 0 Å². The fourth-order valence-electron chi connectivity index (χ4n) is 3.94. The van der Waals surface area contributed by atoms with Crippen LogP contribution in [-0.4, -0.2) is 30.6 Å². The number of ether oxygens (including phenoxy) is 1. The van der Waals surface area contributed by atoms with E-state index in [1.807, 2.05) is 24.4 Å². The zero-order valence-corrected chi connectivity index (χ0v) is 19.9. The average Bonchev–Trinajstić information content (AvgIpc) is 3.54. The molecule has 5 aromatic rings. The van der Waals surface area contributed by atoms with Crippen LogP contribution < -0.4 is 15.8 Å². The van der Waals surface area contributed by atoms with Crippen LogP contribution in [0.1, 0.15) is 22.4 Å². The van der Waals surface area contributed by atoms with Gasteiger partial charge in [-0.15, -0.1) is 0 Å². The molecule has 194 valence electrons. The van der Waals surface area contributed by atoms with Gasteiger partial charge < -0.3 is 15.8 Å². The molecule has 0 saturated carbocycles. The number of nitrogens with two attached hydrogens (primary N) is 1. The molecule has 1 amide bonds. The smallest absolute Gasteiger partial charge is 0.406 e. The molecular formula is C26H22F3N7O2. The van der Waals surface area contributed by atoms with E-state index < -0.39 is 23.7 Å². The van der Waals surface area contributed by atoms with Crippen molar-refractivity contribution in [2.45, 2.75) is 25.8 Å². The molecule has 0 bridgehead atoms. The molecule has 38 heavy (non-hydrogen) atoms. The highest BCUT2D eigenvalue weighted by atomic mass is 19.4. The summed E-state index contributed by atoms with van der Waals surface area (Å²) in [6.07, 6.45) is 0.306. The van der Waals surface area contributed by atoms with E-state index in [1.165, 1.54) is 0 Å². The van der Waals surface area contributed by atoms with Crippen molar-refractivity contribution in [3.63, 3.8) is 0 Å². The topological polar surface area (TPSA) is 113 Å². The van der Waals surface area contributed by atoms with Gasteiger partial charge in [0.1, 0.15) is 5.82 Å². The number of carbonyl (C=O) groups is 1. The first-order valence-electron chi connectivity index (χ1n) is 11.5. The number of hydrogen-bond acceptors (Lipinski definition) is 6. The second kappa shape index (κ2) is 10.2. The molecule has 0 radical (unpaired) electrons. The summed E-state index contributed by atoms with van der Waals surface area (Å²) < 4.78 is 48.7. The van der Waals surface area contributed by atoms with Gasteiger partial charge in [0.2, 0.25) is 5.69 Å². The second-order valence-corrected chi connectivity index (χ2v) is 8.55. The number of benzene rings is 2. The van der Waals surface area contributed by atoms with Crippen LogP contribution in [0.25, 0.3) is 10.8 Å². The number of hydrogen-bond donors (Lipinski definition) is 2. The Labute approximate surface area is 214 Å². The van der Waals surface area contributed by atoms with Gasteiger partial charge in [-0.3, -0.25) is 9.36 Å². The summed E-state index contributed by atoms with van der Waals surface area (Å²) in [6, 6.07) is 16.2. The molecule has 0 unspecified atom stereocenters. The summed E-state index contributed by atoms with van der Waals surface area (Å²) in [5, 5.41) is 11.8. The number of nitrogens with zero attached hydrogens (tertiary/aromatic N) is 5. The van der Waals surface area contributed by atoms with Gasteiger partial charge in [-0.25, -0.2) is 9.78 Å². The van der Waals surface area contributed by atoms with Crippen molar-refractivity contribution in [3.8, 4) is 5.75 Å². The largest absolute Gasteiger partial charge is 0.438 e. The number of halogens is 3. The van der Waals surface area contributed by atoms with E-state index in [2.05, 4.69) is 20.5 Å². The van der Waals surface area contributed by atoms with Gasteiger partial charge in [0.05, 0.1) is 19.3 Å². The molecule has 0 spiro atoms. The summed E-state index contributed by atoms with van der Waals surface area (Å²) in [7, 11) is 0. The number of alkyl halides is 3. The number of nitrogen functional groups attached to an aromatic ring is 1. The number of fused-ring (bicyclic) bond motifs is 1. The van der Waals surface area contributed by atoms with Crippen molar-refractivity contribution in [1.82, 2.24) is 29.9 Å². The van der Waals surface area contributed by atoms with Crippen LogP contribution >= 0.6 is 0 Å². The Bertz CT molecular complexity index is 1560. The number of aromatic nitrogens is 5. The van der Waals surface area contributed by atoms with Crippen molar-refractivity contribution in [2.75, 3.05) is 5.73 Å². The fraction of sp³-hybridized carbons (Fsp3) is 0.154. The predicted octanol–water partition coefficient (Wildman–Crippen LogP) is 4.61. The van der Waals surface area contributed by atoms with E-state index >= 15 is 0 Å². The van der Waals surface area contributed by atoms with Gasteiger partial charge in [-0.2, -0.15) is 23.4 Å². The minimum Gasteiger partial charge on any atom is -0.406 e. The van der Waals surface area contributed by atoms with E-state index in [1.54, 1.807) is 53.5 Å². The highest BCUT2D eigenvalue weighted by Crippen LogP contribution is 2.35. The van der Waals surface area contributed by atoms with Crippen LogP contribution in [0.5, 0.6) is 5.75 Å². The molecule has 0 aliphatic carbocycles. The lowest BCUT2D eigenvalue weighted by molar-refractivity contribution is -0.142. The van der Waals surface area contributed by atoms with Crippen LogP contribution in [0.15, 0.2) is 79.4 Å². The van der Waals surface area contributed by atoms with Crippen molar-refractivity contribution in [2.24, 2.45) is 0 Å². The third-order valence-electron chi connectivity index (χ3n) is 5.77. The highest BCUT2D eigenvalue weighted by Gasteiger charge is 2.39. The lowest BCUT2D eigenvalue weighted by atomic mass is 10.1. The fourth-order valence-corrected chi connectivity index (χ4v) is 3.94. The summed E-state index contributed by atoms with van der Waals surface area (Å²) in [6.45, 7) is 0.674. The number of nitrogens with one attached hydrogen (secondary N) is 1. The van der Waals surface area contributed by atoms with Gasteiger partial charge in [0.25, 0.3) is 0 Å². The Balaban J connectivity index is 1.25. The van der Waals surface area contributed by atoms with E-state index in [-0.39, 0.29) is 13.1 Å². The zero-order valence-electron chi connectivity index (χ0n) is 19.9. The maximum Gasteiger partial charge on any atom is 0.438 e. The molecule has 3 aromatic heterocycles. The molecule has 3 N–H and O–H groups in total. The minimum atomic E-state index is -4.80. The van der Waals surface area contributed by atoms with Crippen LogP contribution in [0.4, 0.5) is 23.8 Å². The molecule has 2 aromatic carbocycles. The summed E-state index contributed by atoms with van der Waals surface area (Å²) in [5.41, 5.74) is 6.99. The molecule has 0 aliphatic rings. The second-order valence-electron chi connectivity index (χ2n) is 8.55. The Morgan fingerprint density at radius 2 is 1.68 bits per heavy atom. The normalized spacial score (nSPS) is 11.6. The third-order valence-corrected chi connectivity index (χ3v) is 5.77. The number of carbonyl (C=O) groups excluding carboxylic acids is 1. The van der Waals surface area contributed by atoms with Gasteiger partial charge in [-0.05, 0) is 40.3 Å². The Morgan fingerprint density at radius 3 is 2.37 bits per heavy atom. The molecule has 12 heteroatoms. The number of rotatable bonds is 7. The maximum absolute atomic E-state index is 13.6. The first kappa shape index (κ1) is 24.8. The van der Waals surface area contributed by atoms with Gasteiger partial charge in [0.15, 0.2) is 5.75 Å². The Kier molecular flexibility index (Phi) is 6.69. The quantitative estimate of drug-likeness (QED) is 0.323. The van der Waals surface area contributed by atoms with Crippen molar-refractivity contribution in [1.29, 1.82) is 0 Å². The minimum absolute atomic E-state index is 0.0391. The molecule has 0 atom stereocenters. The van der Waals surface area contributed by atoms with Crippen LogP contribution in [0, 0.1) is 0 Å². The van der Waals surface area contributed by atoms with E-state index in [4.69, 9.17) is 10.5 Å². The maximum atomic E-state index is 13.6. The van der Waals surface area contributed by atoms with E-state index in [0.717, 1.165) is 32.8 Å². The summed E-state index contributed by atoms with van der Waals surface area (Å²) in [4.78, 5) is 16.4. The van der Waals surface area contributed by atoms with Crippen molar-refractivity contribution in [3.05, 3.63) is 102 Å². The summed E-state index contributed by atoms with van der Waals surface area (Å²) >= 11 is 0. The molecule has 0 aliphatic heterocycles. The van der Waals surface area contributed by atoms with Gasteiger partial charge in [0, 0.05) is 30.5 Å². The molecular weight excluding hydrogens is 499 g/mol. The van der Waals surface area contributed by atoms with Gasteiger partial charge >= 0.3 is 12.3 Å². The average molecular weight is 522 g/mol. The molecule has 0 fully saturated rings. The first-order valence-corrected chi connectivity index (χ1v) is 11.5. The van der Waals surface area contributed by atoms with Gasteiger partial charge in [-0.1, -0.05) is 36.4 Å². The van der Waals surface area contributed by atoms with Crippen LogP contribution in [0.3, 0.4) is 0 Å². The van der Waals surface area contributed by atoms with E-state index in [0.29, 0.717) is 17.9 Å². The molecule has 9 nitrogen and oxygen atoms in total. The van der Waals surface area contributed by atoms with Crippen LogP contribution in [-0.2, 0) is 25.8 Å². The SMILES string of the molecule is Nc1nccc2cc(CNC(=O)Oc3cn(Cc4ccc(Cn5cccn5)cc4)nc3C(F)(F)F)ccc12. The third kappa shape index (κ3) is 5.75. The first-order chi connectivity index (χ1) is 18.2. The monoisotopic (exact) mass is 521 g/mol. The number of anilines is 1. The highest BCUT2D eigenvalue weighted by molar-refractivity contribution is 5.91. The van der Waals surface area contributed by atoms with Crippen molar-refractivity contribution < 1.29 is 22.7 Å². The number of pyridine rings is 1. The predicted molar refractivity (Wildman–Crippen MR) is 133 cm³/mol. The molecule has 3 heterocycles. The lowest BCUT2D eigenvalue weighted by Crippen LogP contribution is -2.27.